The summed E-state index contributed by atoms with van der Waals surface area (Å²) in [5.41, 5.74) is 13.1. The number of aryl methyl sites for hydroxylation is 2. The lowest BCUT2D eigenvalue weighted by atomic mass is 9.89. The quantitative estimate of drug-likeness (QED) is 0.132. The highest BCUT2D eigenvalue weighted by Crippen LogP contribution is 2.42. The maximum Gasteiger partial charge on any atom is 0.255 e. The number of carbonyl (C=O) groups is 2. The molecule has 0 aliphatic carbocycles. The lowest BCUT2D eigenvalue weighted by Gasteiger charge is -2.44. The van der Waals surface area contributed by atoms with Crippen LogP contribution in [0.2, 0.25) is 0 Å². The van der Waals surface area contributed by atoms with Gasteiger partial charge in [0, 0.05) is 85.1 Å². The highest BCUT2D eigenvalue weighted by atomic mass is 16.2. The molecule has 2 aliphatic heterocycles. The summed E-state index contributed by atoms with van der Waals surface area (Å²) in [5, 5.41) is 4.00. The second-order valence-corrected chi connectivity index (χ2v) is 17.7. The van der Waals surface area contributed by atoms with Crippen LogP contribution in [0.4, 0.5) is 5.69 Å². The molecule has 2 saturated heterocycles. The van der Waals surface area contributed by atoms with E-state index >= 15 is 0 Å². The number of benzene rings is 3. The predicted octanol–water partition coefficient (Wildman–Crippen LogP) is 10.1. The van der Waals surface area contributed by atoms with Crippen LogP contribution < -0.4 is 5.32 Å². The van der Waals surface area contributed by atoms with E-state index in [4.69, 9.17) is 15.0 Å². The number of pyridine rings is 2. The van der Waals surface area contributed by atoms with Gasteiger partial charge in [0.05, 0.1) is 29.2 Å². The van der Waals surface area contributed by atoms with E-state index in [-0.39, 0.29) is 23.9 Å². The number of amides is 2. The van der Waals surface area contributed by atoms with Crippen molar-refractivity contribution >= 4 is 28.5 Å². The fourth-order valence-corrected chi connectivity index (χ4v) is 9.62. The van der Waals surface area contributed by atoms with Gasteiger partial charge in [-0.15, -0.1) is 0 Å². The zero-order valence-electron chi connectivity index (χ0n) is 37.5. The summed E-state index contributed by atoms with van der Waals surface area (Å²) in [5.74, 6) is 0.231. The topological polar surface area (TPSA) is 123 Å². The summed E-state index contributed by atoms with van der Waals surface area (Å²) in [6.45, 7) is 15.5. The second-order valence-electron chi connectivity index (χ2n) is 17.7. The number of nitrogens with zero attached hydrogens (tertiary/aromatic N) is 7. The van der Waals surface area contributed by atoms with Gasteiger partial charge in [-0.1, -0.05) is 62.4 Å². The third-order valence-electron chi connectivity index (χ3n) is 13.3. The van der Waals surface area contributed by atoms with E-state index in [1.54, 1.807) is 6.33 Å². The van der Waals surface area contributed by atoms with E-state index in [1.807, 2.05) is 103 Å². The standard InChI is InChI=1S/C53H57N9O2/c1-34(2)40-13-6-14-41(31-40)52(63)59-44-16-7-15-42(37(44)5)50-43-32-45(58-51(43)57-33-56-50)38-19-21-39(22-20-38)53(64)61-28-25-60(26-29-61)27-30-62-46(48-35(3)11-9-23-54-48)17-8-18-47(62)49-36(4)12-10-24-55-49/h6-7,9-16,19-24,31-34,46-47H,8,17-18,25-30H2,1-5H3,(H,59,63)(H,56,57,58)/t46-,47?/m0/s1. The van der Waals surface area contributed by atoms with Crippen molar-refractivity contribution in [3.63, 3.8) is 0 Å². The molecule has 0 spiro atoms. The van der Waals surface area contributed by atoms with Gasteiger partial charge >= 0.3 is 0 Å². The average molecular weight is 852 g/mol. The predicted molar refractivity (Wildman–Crippen MR) is 254 cm³/mol. The van der Waals surface area contributed by atoms with E-state index in [0.29, 0.717) is 35.8 Å². The van der Waals surface area contributed by atoms with Gasteiger partial charge in [0.25, 0.3) is 11.8 Å². The first-order valence-corrected chi connectivity index (χ1v) is 22.7. The molecular formula is C53H57N9O2. The van der Waals surface area contributed by atoms with E-state index in [2.05, 4.69) is 71.0 Å². The summed E-state index contributed by atoms with van der Waals surface area (Å²) >= 11 is 0. The van der Waals surface area contributed by atoms with Gasteiger partial charge < -0.3 is 15.2 Å². The molecule has 0 radical (unpaired) electrons. The van der Waals surface area contributed by atoms with Crippen LogP contribution in [0.15, 0.2) is 116 Å². The normalized spacial score (nSPS) is 17.2. The number of hydrogen-bond acceptors (Lipinski definition) is 8. The molecule has 4 aromatic heterocycles. The van der Waals surface area contributed by atoms with Gasteiger partial charge in [-0.3, -0.25) is 29.4 Å². The van der Waals surface area contributed by atoms with Crippen molar-refractivity contribution < 1.29 is 9.59 Å². The molecule has 9 rings (SSSR count). The Balaban J connectivity index is 0.850. The number of aromatic amines is 1. The number of aromatic nitrogens is 5. The van der Waals surface area contributed by atoms with Crippen molar-refractivity contribution in [2.75, 3.05) is 44.6 Å². The van der Waals surface area contributed by atoms with Crippen LogP contribution in [-0.4, -0.2) is 90.7 Å². The smallest absolute Gasteiger partial charge is 0.255 e. The lowest BCUT2D eigenvalue weighted by molar-refractivity contribution is 0.0466. The van der Waals surface area contributed by atoms with Crippen LogP contribution >= 0.6 is 0 Å². The Morgan fingerprint density at radius 2 is 1.42 bits per heavy atom. The molecule has 64 heavy (non-hydrogen) atoms. The molecular weight excluding hydrogens is 795 g/mol. The molecule has 3 aromatic carbocycles. The summed E-state index contributed by atoms with van der Waals surface area (Å²) in [6.07, 6.45) is 8.73. The van der Waals surface area contributed by atoms with E-state index in [9.17, 15) is 9.59 Å². The highest BCUT2D eigenvalue weighted by molar-refractivity contribution is 6.05. The summed E-state index contributed by atoms with van der Waals surface area (Å²) < 4.78 is 0. The maximum atomic E-state index is 13.8. The Labute approximate surface area is 376 Å². The number of rotatable bonds is 11. The molecule has 11 heteroatoms. The minimum atomic E-state index is -0.150. The molecule has 0 bridgehead atoms. The number of likely N-dealkylation sites (tertiary alicyclic amines) is 1. The number of nitrogens with one attached hydrogen (secondary N) is 2. The van der Waals surface area contributed by atoms with Crippen LogP contribution in [0.1, 0.15) is 105 Å². The maximum absolute atomic E-state index is 13.8. The highest BCUT2D eigenvalue weighted by Gasteiger charge is 2.36. The number of piperazine rings is 1. The number of fused-ring (bicyclic) bond motifs is 1. The number of anilines is 1. The third-order valence-corrected chi connectivity index (χ3v) is 13.3. The van der Waals surface area contributed by atoms with Crippen molar-refractivity contribution in [2.24, 2.45) is 0 Å². The fourth-order valence-electron chi connectivity index (χ4n) is 9.62. The molecule has 2 amide bonds. The van der Waals surface area contributed by atoms with Gasteiger partial charge in [0.2, 0.25) is 0 Å². The van der Waals surface area contributed by atoms with Gasteiger partial charge in [-0.25, -0.2) is 9.97 Å². The molecule has 2 N–H and O–H groups in total. The third kappa shape index (κ3) is 8.83. The first-order chi connectivity index (χ1) is 31.1. The lowest BCUT2D eigenvalue weighted by Crippen LogP contribution is -2.51. The Morgan fingerprint density at radius 3 is 2.09 bits per heavy atom. The van der Waals surface area contributed by atoms with Crippen LogP contribution in [-0.2, 0) is 0 Å². The SMILES string of the molecule is Cc1cccnc1C1CCC[C@@H](c2ncccc2C)N1CCN1CCN(C(=O)c2ccc(-c3cc4c(-c5cccc(NC(=O)c6cccc(C(C)C)c6)c5C)ncnc4[nH]3)cc2)CC1. The van der Waals surface area contributed by atoms with Crippen LogP contribution in [0.5, 0.6) is 0 Å². The molecule has 326 valence electrons. The molecule has 7 aromatic rings. The van der Waals surface area contributed by atoms with Gasteiger partial charge in [-0.2, -0.15) is 0 Å². The van der Waals surface area contributed by atoms with Crippen LogP contribution in [0, 0.1) is 20.8 Å². The second kappa shape index (κ2) is 18.7. The van der Waals surface area contributed by atoms with Crippen LogP contribution in [0.3, 0.4) is 0 Å². The Morgan fingerprint density at radius 1 is 0.734 bits per heavy atom. The van der Waals surface area contributed by atoms with Crippen molar-refractivity contribution in [3.8, 4) is 22.5 Å². The number of piperidine rings is 1. The largest absolute Gasteiger partial charge is 0.339 e. The Kier molecular flexibility index (Phi) is 12.5. The van der Waals surface area contributed by atoms with Crippen molar-refractivity contribution in [2.45, 2.75) is 71.9 Å². The molecule has 2 aliphatic rings. The minimum absolute atomic E-state index is 0.0542. The summed E-state index contributed by atoms with van der Waals surface area (Å²) in [7, 11) is 0. The number of hydrogen-bond donors (Lipinski definition) is 2. The molecule has 2 fully saturated rings. The molecule has 1 unspecified atom stereocenters. The number of carbonyl (C=O) groups excluding carboxylic acids is 2. The summed E-state index contributed by atoms with van der Waals surface area (Å²) in [6, 6.07) is 32.4. The molecule has 2 atom stereocenters. The molecule has 0 saturated carbocycles. The zero-order valence-corrected chi connectivity index (χ0v) is 37.5. The van der Waals surface area contributed by atoms with Crippen LogP contribution in [0.25, 0.3) is 33.5 Å². The van der Waals surface area contributed by atoms with Gasteiger partial charge in [0.15, 0.2) is 0 Å². The Bertz CT molecular complexity index is 2740. The van der Waals surface area contributed by atoms with Crippen molar-refractivity contribution in [1.29, 1.82) is 0 Å². The first kappa shape index (κ1) is 42.7. The number of H-pyrrole nitrogens is 1. The monoisotopic (exact) mass is 851 g/mol. The van der Waals surface area contributed by atoms with E-state index in [1.165, 1.54) is 22.5 Å². The fraction of sp³-hybridized carbons (Fsp3) is 0.321. The molecule has 6 heterocycles. The van der Waals surface area contributed by atoms with Gasteiger partial charge in [-0.05, 0) is 122 Å². The van der Waals surface area contributed by atoms with Crippen molar-refractivity contribution in [1.82, 2.24) is 39.6 Å². The first-order valence-electron chi connectivity index (χ1n) is 22.7. The molecule has 11 nitrogen and oxygen atoms in total. The summed E-state index contributed by atoms with van der Waals surface area (Å²) in [4.78, 5) is 56.9. The van der Waals surface area contributed by atoms with Gasteiger partial charge in [0.1, 0.15) is 12.0 Å². The van der Waals surface area contributed by atoms with E-state index < -0.39 is 0 Å². The zero-order chi connectivity index (χ0) is 44.3. The Hall–Kier alpha value is -6.56. The minimum Gasteiger partial charge on any atom is -0.339 e. The van der Waals surface area contributed by atoms with Crippen molar-refractivity contribution in [3.05, 3.63) is 161 Å². The van der Waals surface area contributed by atoms with E-state index in [0.717, 1.165) is 90.2 Å². The average Bonchev–Trinajstić information content (AvgIpc) is 3.77.